The van der Waals surface area contributed by atoms with Crippen LogP contribution >= 0.6 is 24.0 Å². The highest BCUT2D eigenvalue weighted by Crippen LogP contribution is 2.41. The van der Waals surface area contributed by atoms with Crippen molar-refractivity contribution in [2.75, 3.05) is 6.61 Å². The molecule has 1 heterocycles. The standard InChI is InChI=1S/C18H20ClFN2O4.ClH/c1-8(2)13(21)7-26-17-12(20)5-10-15(14(17)19)22(9-3-4-9)6-11(16(10)23)18(24)25;/h5-6,8-9,13H,3-4,7,21H2,1-2H3,(H,24,25);1H. The molecule has 3 rings (SSSR count). The Hall–Kier alpha value is -1.83. The molecule has 1 fully saturated rings. The number of ether oxygens (including phenoxy) is 1. The lowest BCUT2D eigenvalue weighted by molar-refractivity contribution is 0.0695. The van der Waals surface area contributed by atoms with E-state index in [1.165, 1.54) is 6.20 Å². The Morgan fingerprint density at radius 2 is 2.11 bits per heavy atom. The van der Waals surface area contributed by atoms with Gasteiger partial charge < -0.3 is 20.1 Å². The van der Waals surface area contributed by atoms with Crippen LogP contribution in [0.25, 0.3) is 10.9 Å². The quantitative estimate of drug-likeness (QED) is 0.746. The molecule has 1 aliphatic rings. The Bertz CT molecular complexity index is 941. The van der Waals surface area contributed by atoms with Crippen LogP contribution in [0, 0.1) is 11.7 Å². The number of aromatic nitrogens is 1. The lowest BCUT2D eigenvalue weighted by Crippen LogP contribution is -2.33. The Morgan fingerprint density at radius 3 is 2.63 bits per heavy atom. The number of nitrogens with zero attached hydrogens (tertiary/aromatic N) is 1. The molecule has 1 aromatic heterocycles. The molecule has 2 aromatic rings. The smallest absolute Gasteiger partial charge is 0.341 e. The van der Waals surface area contributed by atoms with Crippen molar-refractivity contribution < 1.29 is 19.0 Å². The summed E-state index contributed by atoms with van der Waals surface area (Å²) in [6, 6.07) is 0.719. The van der Waals surface area contributed by atoms with Crippen LogP contribution in [0.4, 0.5) is 4.39 Å². The van der Waals surface area contributed by atoms with Gasteiger partial charge in [-0.15, -0.1) is 12.4 Å². The topological polar surface area (TPSA) is 94.6 Å². The number of rotatable bonds is 6. The van der Waals surface area contributed by atoms with Gasteiger partial charge in [0, 0.05) is 18.3 Å². The van der Waals surface area contributed by atoms with Gasteiger partial charge in [-0.3, -0.25) is 4.79 Å². The van der Waals surface area contributed by atoms with Crippen molar-refractivity contribution in [1.82, 2.24) is 4.57 Å². The summed E-state index contributed by atoms with van der Waals surface area (Å²) >= 11 is 6.38. The van der Waals surface area contributed by atoms with Crippen LogP contribution in [0.3, 0.4) is 0 Å². The molecule has 1 aromatic carbocycles. The molecule has 0 bridgehead atoms. The van der Waals surface area contributed by atoms with Gasteiger partial charge in [-0.2, -0.15) is 0 Å². The summed E-state index contributed by atoms with van der Waals surface area (Å²) in [4.78, 5) is 23.8. The summed E-state index contributed by atoms with van der Waals surface area (Å²) in [6.07, 6.45) is 2.94. The molecule has 148 valence electrons. The number of hydrogen-bond donors (Lipinski definition) is 2. The van der Waals surface area contributed by atoms with Crippen molar-refractivity contribution in [3.05, 3.63) is 38.9 Å². The summed E-state index contributed by atoms with van der Waals surface area (Å²) < 4.78 is 21.7. The fourth-order valence-electron chi connectivity index (χ4n) is 2.72. The second-order valence-electron chi connectivity index (χ2n) is 6.93. The third-order valence-corrected chi connectivity index (χ3v) is 4.96. The van der Waals surface area contributed by atoms with E-state index in [0.717, 1.165) is 18.9 Å². The van der Waals surface area contributed by atoms with Crippen molar-refractivity contribution >= 4 is 40.9 Å². The predicted octanol–water partition coefficient (Wildman–Crippen LogP) is 3.61. The SMILES string of the molecule is CC(C)C(N)COc1c(F)cc2c(=O)c(C(=O)O)cn(C3CC3)c2c1Cl.Cl. The summed E-state index contributed by atoms with van der Waals surface area (Å²) in [6.45, 7) is 3.91. The first kappa shape index (κ1) is 21.5. The molecule has 6 nitrogen and oxygen atoms in total. The van der Waals surface area contributed by atoms with E-state index in [1.807, 2.05) is 13.8 Å². The van der Waals surface area contributed by atoms with Gasteiger partial charge in [0.1, 0.15) is 17.2 Å². The van der Waals surface area contributed by atoms with Crippen molar-refractivity contribution in [2.24, 2.45) is 11.7 Å². The zero-order valence-electron chi connectivity index (χ0n) is 14.9. The van der Waals surface area contributed by atoms with Gasteiger partial charge in [-0.25, -0.2) is 9.18 Å². The maximum absolute atomic E-state index is 14.5. The highest BCUT2D eigenvalue weighted by molar-refractivity contribution is 6.36. The first-order valence-corrected chi connectivity index (χ1v) is 8.78. The minimum absolute atomic E-state index is 0. The first-order valence-electron chi connectivity index (χ1n) is 8.40. The van der Waals surface area contributed by atoms with Crippen LogP contribution in [-0.4, -0.2) is 28.3 Å². The van der Waals surface area contributed by atoms with Crippen molar-refractivity contribution in [3.63, 3.8) is 0 Å². The summed E-state index contributed by atoms with van der Waals surface area (Å²) in [5.74, 6) is -2.21. The van der Waals surface area contributed by atoms with E-state index in [1.54, 1.807) is 4.57 Å². The van der Waals surface area contributed by atoms with Crippen molar-refractivity contribution in [3.8, 4) is 5.75 Å². The number of carbonyl (C=O) groups is 1. The predicted molar refractivity (Wildman–Crippen MR) is 104 cm³/mol. The van der Waals surface area contributed by atoms with Gasteiger partial charge in [-0.05, 0) is 24.8 Å². The minimum atomic E-state index is -1.36. The molecule has 1 saturated carbocycles. The van der Waals surface area contributed by atoms with Gasteiger partial charge in [0.15, 0.2) is 11.6 Å². The maximum atomic E-state index is 14.5. The number of aromatic carboxylic acids is 1. The number of nitrogens with two attached hydrogens (primary N) is 1. The van der Waals surface area contributed by atoms with Gasteiger partial charge >= 0.3 is 5.97 Å². The Morgan fingerprint density at radius 1 is 1.48 bits per heavy atom. The average Bonchev–Trinajstić information content (AvgIpc) is 3.39. The van der Waals surface area contributed by atoms with E-state index in [-0.39, 0.29) is 53.2 Å². The molecule has 0 saturated heterocycles. The molecule has 0 aliphatic heterocycles. The highest BCUT2D eigenvalue weighted by atomic mass is 35.5. The van der Waals surface area contributed by atoms with E-state index in [2.05, 4.69) is 0 Å². The maximum Gasteiger partial charge on any atom is 0.341 e. The number of halogens is 3. The summed E-state index contributed by atoms with van der Waals surface area (Å²) in [7, 11) is 0. The summed E-state index contributed by atoms with van der Waals surface area (Å²) in [5.41, 5.74) is 5.05. The molecule has 1 aliphatic carbocycles. The summed E-state index contributed by atoms with van der Waals surface area (Å²) in [5, 5.41) is 9.15. The Kier molecular flexibility index (Phi) is 6.39. The second-order valence-corrected chi connectivity index (χ2v) is 7.31. The molecular formula is C18H21Cl2FN2O4. The van der Waals surface area contributed by atoms with Gasteiger partial charge in [0.05, 0.1) is 10.9 Å². The first-order chi connectivity index (χ1) is 12.2. The fourth-order valence-corrected chi connectivity index (χ4v) is 3.07. The highest BCUT2D eigenvalue weighted by Gasteiger charge is 2.29. The lowest BCUT2D eigenvalue weighted by atomic mass is 10.1. The largest absolute Gasteiger partial charge is 0.487 e. The molecule has 3 N–H and O–H groups in total. The zero-order chi connectivity index (χ0) is 19.2. The number of hydrogen-bond acceptors (Lipinski definition) is 4. The van der Waals surface area contributed by atoms with Crippen molar-refractivity contribution in [1.29, 1.82) is 0 Å². The minimum Gasteiger partial charge on any atom is -0.487 e. The number of fused-ring (bicyclic) bond motifs is 1. The van der Waals surface area contributed by atoms with Gasteiger partial charge in [0.2, 0.25) is 5.43 Å². The van der Waals surface area contributed by atoms with E-state index >= 15 is 0 Å². The van der Waals surface area contributed by atoms with E-state index in [9.17, 15) is 19.1 Å². The molecule has 0 spiro atoms. The van der Waals surface area contributed by atoms with E-state index in [0.29, 0.717) is 5.52 Å². The Balaban J connectivity index is 0.00000261. The average molecular weight is 419 g/mol. The van der Waals surface area contributed by atoms with E-state index in [4.69, 9.17) is 22.1 Å². The monoisotopic (exact) mass is 418 g/mol. The van der Waals surface area contributed by atoms with Crippen LogP contribution < -0.4 is 15.9 Å². The molecule has 0 amide bonds. The van der Waals surface area contributed by atoms with Crippen molar-refractivity contribution in [2.45, 2.75) is 38.8 Å². The second kappa shape index (κ2) is 8.04. The molecular weight excluding hydrogens is 398 g/mol. The van der Waals surface area contributed by atoms with Gasteiger partial charge in [0.25, 0.3) is 0 Å². The van der Waals surface area contributed by atoms with Crippen LogP contribution in [-0.2, 0) is 0 Å². The van der Waals surface area contributed by atoms with Crippen LogP contribution in [0.1, 0.15) is 43.1 Å². The molecule has 0 radical (unpaired) electrons. The number of benzene rings is 1. The van der Waals surface area contributed by atoms with E-state index < -0.39 is 22.8 Å². The lowest BCUT2D eigenvalue weighted by Gasteiger charge is -2.19. The molecule has 1 unspecified atom stereocenters. The van der Waals surface area contributed by atoms with Crippen LogP contribution in [0.2, 0.25) is 5.02 Å². The molecule has 9 heteroatoms. The normalized spacial score (nSPS) is 14.9. The third-order valence-electron chi connectivity index (χ3n) is 4.61. The van der Waals surface area contributed by atoms with Gasteiger partial charge in [-0.1, -0.05) is 25.4 Å². The fraction of sp³-hybridized carbons (Fsp3) is 0.444. The van der Waals surface area contributed by atoms with Crippen LogP contribution in [0.15, 0.2) is 17.1 Å². The Labute approximate surface area is 166 Å². The third kappa shape index (κ3) is 4.05. The molecule has 1 atom stereocenters. The zero-order valence-corrected chi connectivity index (χ0v) is 16.4. The number of carboxylic acids is 1. The molecule has 27 heavy (non-hydrogen) atoms. The number of carboxylic acid groups (broad SMARTS) is 1. The number of pyridine rings is 1. The van der Waals surface area contributed by atoms with Crippen LogP contribution in [0.5, 0.6) is 5.75 Å².